The van der Waals surface area contributed by atoms with Gasteiger partial charge in [-0.1, -0.05) is 6.07 Å². The molecule has 1 aliphatic heterocycles. The van der Waals surface area contributed by atoms with Gasteiger partial charge in [0.05, 0.1) is 0 Å². The number of halogens is 1. The highest BCUT2D eigenvalue weighted by molar-refractivity contribution is 5.85. The molecule has 2 rings (SSSR count). The van der Waals surface area contributed by atoms with E-state index >= 15 is 0 Å². The number of amides is 1. The molecule has 1 atom stereocenters. The van der Waals surface area contributed by atoms with Crippen LogP contribution in [0.4, 0.5) is 4.39 Å². The molecule has 4 nitrogen and oxygen atoms in total. The third kappa shape index (κ3) is 3.53. The van der Waals surface area contributed by atoms with Gasteiger partial charge in [0.25, 0.3) is 5.91 Å². The molecule has 1 amide bonds. The highest BCUT2D eigenvalue weighted by atomic mass is 19.1. The summed E-state index contributed by atoms with van der Waals surface area (Å²) in [6, 6.07) is 5.69. The lowest BCUT2D eigenvalue weighted by Crippen LogP contribution is -2.44. The molecule has 0 aromatic heterocycles. The maximum atomic E-state index is 13.0. The maximum Gasteiger partial charge on any atom is 0.263 e. The van der Waals surface area contributed by atoms with Crippen molar-refractivity contribution >= 4 is 11.7 Å². The molecule has 0 N–H and O–H groups in total. The summed E-state index contributed by atoms with van der Waals surface area (Å²) in [5.41, 5.74) is 0. The Kier molecular flexibility index (Phi) is 4.14. The third-order valence-corrected chi connectivity index (χ3v) is 3.09. The van der Waals surface area contributed by atoms with Crippen LogP contribution in [0, 0.1) is 5.82 Å². The van der Waals surface area contributed by atoms with Gasteiger partial charge in [0.15, 0.2) is 6.10 Å². The van der Waals surface area contributed by atoms with Crippen molar-refractivity contribution < 1.29 is 18.7 Å². The second kappa shape index (κ2) is 5.82. The Morgan fingerprint density at radius 1 is 1.37 bits per heavy atom. The van der Waals surface area contributed by atoms with Crippen LogP contribution in [0.3, 0.4) is 0 Å². The third-order valence-electron chi connectivity index (χ3n) is 3.09. The van der Waals surface area contributed by atoms with Crippen molar-refractivity contribution in [2.75, 3.05) is 13.1 Å². The molecule has 1 aromatic carbocycles. The van der Waals surface area contributed by atoms with Crippen molar-refractivity contribution in [2.45, 2.75) is 25.9 Å². The normalized spacial score (nSPS) is 17.2. The zero-order chi connectivity index (χ0) is 13.8. The van der Waals surface area contributed by atoms with Crippen LogP contribution in [0.2, 0.25) is 0 Å². The SMILES string of the molecule is CC(Oc1cccc(F)c1)C(=O)N1CCC(=O)CC1. The van der Waals surface area contributed by atoms with Crippen molar-refractivity contribution in [2.24, 2.45) is 0 Å². The standard InChI is InChI=1S/C14H16FNO3/c1-10(19-13-4-2-3-11(15)9-13)14(18)16-7-5-12(17)6-8-16/h2-4,9-10H,5-8H2,1H3. The minimum absolute atomic E-state index is 0.170. The Morgan fingerprint density at radius 3 is 2.68 bits per heavy atom. The molecule has 1 aromatic rings. The lowest BCUT2D eigenvalue weighted by Gasteiger charge is -2.28. The molecule has 0 radical (unpaired) electrons. The number of nitrogens with zero attached hydrogens (tertiary/aromatic N) is 1. The Labute approximate surface area is 111 Å². The quantitative estimate of drug-likeness (QED) is 0.837. The van der Waals surface area contributed by atoms with E-state index in [9.17, 15) is 14.0 Å². The molecule has 102 valence electrons. The van der Waals surface area contributed by atoms with Gasteiger partial charge in [-0.3, -0.25) is 9.59 Å². The van der Waals surface area contributed by atoms with Crippen LogP contribution in [0.1, 0.15) is 19.8 Å². The smallest absolute Gasteiger partial charge is 0.263 e. The van der Waals surface area contributed by atoms with Crippen molar-refractivity contribution in [1.82, 2.24) is 4.90 Å². The Balaban J connectivity index is 1.94. The molecular formula is C14H16FNO3. The molecule has 19 heavy (non-hydrogen) atoms. The fourth-order valence-electron chi connectivity index (χ4n) is 2.03. The van der Waals surface area contributed by atoms with E-state index in [4.69, 9.17) is 4.74 Å². The van der Waals surface area contributed by atoms with Gasteiger partial charge in [-0.15, -0.1) is 0 Å². The van der Waals surface area contributed by atoms with E-state index in [1.54, 1.807) is 17.9 Å². The maximum absolute atomic E-state index is 13.0. The summed E-state index contributed by atoms with van der Waals surface area (Å²) in [6.07, 6.45) is 0.117. The van der Waals surface area contributed by atoms with E-state index < -0.39 is 11.9 Å². The molecule has 0 aliphatic carbocycles. The average Bonchev–Trinajstić information content (AvgIpc) is 2.39. The van der Waals surface area contributed by atoms with E-state index in [0.29, 0.717) is 31.7 Å². The average molecular weight is 265 g/mol. The van der Waals surface area contributed by atoms with Gasteiger partial charge in [0.1, 0.15) is 17.3 Å². The monoisotopic (exact) mass is 265 g/mol. The Hall–Kier alpha value is -1.91. The second-order valence-electron chi connectivity index (χ2n) is 4.58. The molecule has 0 bridgehead atoms. The predicted molar refractivity (Wildman–Crippen MR) is 67.3 cm³/mol. The summed E-state index contributed by atoms with van der Waals surface area (Å²) in [5.74, 6) is -0.0610. The van der Waals surface area contributed by atoms with Gasteiger partial charge in [0, 0.05) is 32.0 Å². The summed E-state index contributed by atoms with van der Waals surface area (Å²) >= 11 is 0. The lowest BCUT2D eigenvalue weighted by atomic mass is 10.1. The fraction of sp³-hybridized carbons (Fsp3) is 0.429. The van der Waals surface area contributed by atoms with Gasteiger partial charge >= 0.3 is 0 Å². The van der Waals surface area contributed by atoms with Crippen molar-refractivity contribution in [3.05, 3.63) is 30.1 Å². The van der Waals surface area contributed by atoms with Crippen molar-refractivity contribution in [3.8, 4) is 5.75 Å². The van der Waals surface area contributed by atoms with E-state index in [1.165, 1.54) is 18.2 Å². The van der Waals surface area contributed by atoms with Gasteiger partial charge in [-0.2, -0.15) is 0 Å². The van der Waals surface area contributed by atoms with E-state index in [0.717, 1.165) is 0 Å². The summed E-state index contributed by atoms with van der Waals surface area (Å²) in [6.45, 7) is 2.51. The molecule has 1 unspecified atom stereocenters. The molecule has 0 spiro atoms. The minimum Gasteiger partial charge on any atom is -0.481 e. The molecule has 5 heteroatoms. The zero-order valence-corrected chi connectivity index (χ0v) is 10.8. The zero-order valence-electron chi connectivity index (χ0n) is 10.8. The predicted octanol–water partition coefficient (Wildman–Crippen LogP) is 1.78. The highest BCUT2D eigenvalue weighted by Gasteiger charge is 2.25. The second-order valence-corrected chi connectivity index (χ2v) is 4.58. The number of ether oxygens (including phenoxy) is 1. The number of rotatable bonds is 3. The summed E-state index contributed by atoms with van der Waals surface area (Å²) in [4.78, 5) is 24.8. The van der Waals surface area contributed by atoms with Crippen molar-refractivity contribution in [3.63, 3.8) is 0 Å². The molecular weight excluding hydrogens is 249 g/mol. The molecule has 1 saturated heterocycles. The molecule has 1 fully saturated rings. The summed E-state index contributed by atoms with van der Waals surface area (Å²) in [5, 5.41) is 0. The van der Waals surface area contributed by atoms with Crippen LogP contribution >= 0.6 is 0 Å². The van der Waals surface area contributed by atoms with Gasteiger partial charge in [-0.25, -0.2) is 4.39 Å². The largest absolute Gasteiger partial charge is 0.481 e. The topological polar surface area (TPSA) is 46.6 Å². The Bertz CT molecular complexity index is 479. The number of carbonyl (C=O) groups is 2. The van der Waals surface area contributed by atoms with E-state index in [2.05, 4.69) is 0 Å². The molecule has 0 saturated carbocycles. The van der Waals surface area contributed by atoms with Crippen LogP contribution in [-0.2, 0) is 9.59 Å². The van der Waals surface area contributed by atoms with E-state index in [-0.39, 0.29) is 11.7 Å². The number of likely N-dealkylation sites (tertiary alicyclic amines) is 1. The molecule has 1 aliphatic rings. The summed E-state index contributed by atoms with van der Waals surface area (Å²) in [7, 11) is 0. The van der Waals surface area contributed by atoms with Gasteiger partial charge < -0.3 is 9.64 Å². The number of Topliss-reactive ketones (excluding diaryl/α,β-unsaturated/α-hetero) is 1. The van der Waals surface area contributed by atoms with Crippen LogP contribution in [0.25, 0.3) is 0 Å². The highest BCUT2D eigenvalue weighted by Crippen LogP contribution is 2.15. The van der Waals surface area contributed by atoms with E-state index in [1.807, 2.05) is 0 Å². The first-order valence-corrected chi connectivity index (χ1v) is 6.29. The first-order valence-electron chi connectivity index (χ1n) is 6.29. The van der Waals surface area contributed by atoms with Crippen LogP contribution < -0.4 is 4.74 Å². The number of benzene rings is 1. The first kappa shape index (κ1) is 13.5. The lowest BCUT2D eigenvalue weighted by molar-refractivity contribution is -0.140. The number of piperidine rings is 1. The van der Waals surface area contributed by atoms with Crippen LogP contribution in [0.5, 0.6) is 5.75 Å². The first-order chi connectivity index (χ1) is 9.06. The van der Waals surface area contributed by atoms with Crippen LogP contribution in [0.15, 0.2) is 24.3 Å². The van der Waals surface area contributed by atoms with Gasteiger partial charge in [-0.05, 0) is 19.1 Å². The number of hydrogen-bond acceptors (Lipinski definition) is 3. The summed E-state index contributed by atoms with van der Waals surface area (Å²) < 4.78 is 18.4. The minimum atomic E-state index is -0.685. The number of carbonyl (C=O) groups excluding carboxylic acids is 2. The number of ketones is 1. The van der Waals surface area contributed by atoms with Crippen LogP contribution in [-0.4, -0.2) is 35.8 Å². The van der Waals surface area contributed by atoms with Gasteiger partial charge in [0.2, 0.25) is 0 Å². The van der Waals surface area contributed by atoms with Crippen molar-refractivity contribution in [1.29, 1.82) is 0 Å². The molecule has 1 heterocycles. The fourth-order valence-corrected chi connectivity index (χ4v) is 2.03. The number of hydrogen-bond donors (Lipinski definition) is 0. The Morgan fingerprint density at radius 2 is 2.05 bits per heavy atom.